The van der Waals surface area contributed by atoms with Gasteiger partial charge < -0.3 is 9.74 Å². The van der Waals surface area contributed by atoms with Crippen molar-refractivity contribution in [2.75, 3.05) is 0 Å². The van der Waals surface area contributed by atoms with Gasteiger partial charge in [-0.25, -0.2) is 0 Å². The normalized spacial score (nSPS) is 23.4. The molecule has 1 aliphatic heterocycles. The minimum atomic E-state index is -1.33. The van der Waals surface area contributed by atoms with Gasteiger partial charge in [0.1, 0.15) is 0 Å². The number of thiocarbonyl (C=S) groups is 1. The van der Waals surface area contributed by atoms with Crippen LogP contribution in [0.2, 0.25) is 18.1 Å². The average molecular weight is 426 g/mol. The molecule has 6 heteroatoms. The van der Waals surface area contributed by atoms with Crippen molar-refractivity contribution in [3.63, 3.8) is 0 Å². The van der Waals surface area contributed by atoms with Crippen LogP contribution >= 0.6 is 23.8 Å². The monoisotopic (exact) mass is 425 g/mol. The van der Waals surface area contributed by atoms with Crippen molar-refractivity contribution in [1.82, 2.24) is 5.32 Å². The van der Waals surface area contributed by atoms with Crippen LogP contribution in [-0.2, 0) is 15.6 Å². The van der Waals surface area contributed by atoms with E-state index in [4.69, 9.17) is 28.2 Å². The predicted octanol–water partition coefficient (Wildman–Crippen LogP) is 4.81. The van der Waals surface area contributed by atoms with Crippen LogP contribution in [-0.4, -0.2) is 31.5 Å². The minimum absolute atomic E-state index is 0.00859. The van der Waals surface area contributed by atoms with Gasteiger partial charge in [-0.2, -0.15) is 0 Å². The van der Waals surface area contributed by atoms with Gasteiger partial charge in [0.05, 0.1) is 17.6 Å². The molecule has 0 aliphatic carbocycles. The van der Waals surface area contributed by atoms with Crippen molar-refractivity contribution >= 4 is 43.6 Å². The standard InChI is InChI=1S/C21H32ClNO2SSi/c1-13(16(26)12-14-8-10-15(22)11-9-14)18-17(19(24)23-18)21(5,20(2,3)4)25-27(6)7/h8-11,13,17-18,27H,12H2,1-7H3,(H,23,24)/t13-,17+,18+,21+/m0/s1. The molecule has 0 radical (unpaired) electrons. The predicted molar refractivity (Wildman–Crippen MR) is 120 cm³/mol. The Kier molecular flexibility index (Phi) is 6.94. The SMILES string of the molecule is C[C@@H](C(=S)Cc1ccc(Cl)cc1)[C@H]1NC(=O)[C@@H]1[C@@](C)(O[SiH](C)C)C(C)(C)C. The number of amides is 1. The fourth-order valence-corrected chi connectivity index (χ4v) is 5.70. The number of nitrogens with one attached hydrogen (secondary N) is 1. The molecule has 0 spiro atoms. The summed E-state index contributed by atoms with van der Waals surface area (Å²) in [5.74, 6) is -0.0173. The number of benzene rings is 1. The van der Waals surface area contributed by atoms with Gasteiger partial charge in [-0.05, 0) is 43.1 Å². The maximum absolute atomic E-state index is 12.6. The molecule has 0 bridgehead atoms. The molecule has 3 nitrogen and oxygen atoms in total. The van der Waals surface area contributed by atoms with Crippen molar-refractivity contribution in [1.29, 1.82) is 0 Å². The molecule has 1 aromatic carbocycles. The highest BCUT2D eigenvalue weighted by molar-refractivity contribution is 7.80. The summed E-state index contributed by atoms with van der Waals surface area (Å²) in [5.41, 5.74) is 0.482. The van der Waals surface area contributed by atoms with Crippen LogP contribution in [0.3, 0.4) is 0 Å². The summed E-state index contributed by atoms with van der Waals surface area (Å²) in [7, 11) is -1.33. The summed E-state index contributed by atoms with van der Waals surface area (Å²) in [6.07, 6.45) is 0.707. The molecule has 2 rings (SSSR count). The first kappa shape index (κ1) is 22.5. The summed E-state index contributed by atoms with van der Waals surface area (Å²) in [6, 6.07) is 7.79. The molecule has 0 saturated carbocycles. The largest absolute Gasteiger partial charge is 0.414 e. The Labute approximate surface area is 175 Å². The van der Waals surface area contributed by atoms with Crippen LogP contribution in [0.25, 0.3) is 0 Å². The van der Waals surface area contributed by atoms with Crippen LogP contribution < -0.4 is 5.32 Å². The van der Waals surface area contributed by atoms with Gasteiger partial charge in [0, 0.05) is 22.2 Å². The fourth-order valence-electron chi connectivity index (χ4n) is 3.78. The lowest BCUT2D eigenvalue weighted by Gasteiger charge is -2.55. The molecule has 1 aliphatic rings. The molecule has 0 unspecified atom stereocenters. The zero-order valence-corrected chi connectivity index (χ0v) is 20.2. The Morgan fingerprint density at radius 2 is 1.81 bits per heavy atom. The number of carbonyl (C=O) groups is 1. The fraction of sp³-hybridized carbons (Fsp3) is 0.619. The van der Waals surface area contributed by atoms with E-state index in [1.807, 2.05) is 24.3 Å². The third-order valence-electron chi connectivity index (χ3n) is 5.85. The third-order valence-corrected chi connectivity index (χ3v) is 7.58. The molecular weight excluding hydrogens is 394 g/mol. The lowest BCUT2D eigenvalue weighted by Crippen LogP contribution is -2.72. The second-order valence-electron chi connectivity index (χ2n) is 9.09. The average Bonchev–Trinajstić information content (AvgIpc) is 2.52. The lowest BCUT2D eigenvalue weighted by molar-refractivity contribution is -0.160. The van der Waals surface area contributed by atoms with E-state index in [1.54, 1.807) is 0 Å². The highest BCUT2D eigenvalue weighted by Crippen LogP contribution is 2.46. The summed E-state index contributed by atoms with van der Waals surface area (Å²) in [4.78, 5) is 13.6. The number of carbonyl (C=O) groups excluding carboxylic acids is 1. The minimum Gasteiger partial charge on any atom is -0.414 e. The van der Waals surface area contributed by atoms with Crippen molar-refractivity contribution in [2.45, 2.75) is 65.8 Å². The molecule has 4 atom stereocenters. The number of rotatable bonds is 7. The van der Waals surface area contributed by atoms with Crippen LogP contribution in [0.1, 0.15) is 40.2 Å². The molecule has 150 valence electrons. The van der Waals surface area contributed by atoms with E-state index in [1.165, 1.54) is 0 Å². The molecule has 1 heterocycles. The molecule has 1 aromatic rings. The molecule has 1 fully saturated rings. The van der Waals surface area contributed by atoms with E-state index < -0.39 is 14.6 Å². The first-order chi connectivity index (χ1) is 12.4. The van der Waals surface area contributed by atoms with Gasteiger partial charge in [-0.1, -0.05) is 63.6 Å². The maximum atomic E-state index is 12.6. The Balaban J connectivity index is 2.20. The van der Waals surface area contributed by atoms with E-state index in [0.717, 1.165) is 15.5 Å². The number of β-lactam (4-membered cyclic amide) rings is 1. The Morgan fingerprint density at radius 1 is 1.26 bits per heavy atom. The van der Waals surface area contributed by atoms with Gasteiger partial charge in [-0.15, -0.1) is 0 Å². The van der Waals surface area contributed by atoms with Gasteiger partial charge in [0.2, 0.25) is 5.91 Å². The summed E-state index contributed by atoms with van der Waals surface area (Å²) >= 11 is 11.7. The van der Waals surface area contributed by atoms with Gasteiger partial charge in [0.25, 0.3) is 0 Å². The van der Waals surface area contributed by atoms with E-state index in [0.29, 0.717) is 6.42 Å². The molecule has 27 heavy (non-hydrogen) atoms. The first-order valence-corrected chi connectivity index (χ1v) is 13.2. The Morgan fingerprint density at radius 3 is 2.26 bits per heavy atom. The zero-order valence-electron chi connectivity index (χ0n) is 17.4. The summed E-state index contributed by atoms with van der Waals surface area (Å²) < 4.78 is 6.49. The van der Waals surface area contributed by atoms with E-state index in [9.17, 15) is 4.79 Å². The van der Waals surface area contributed by atoms with Crippen molar-refractivity contribution < 1.29 is 9.22 Å². The zero-order chi connectivity index (χ0) is 20.6. The van der Waals surface area contributed by atoms with E-state index in [-0.39, 0.29) is 29.2 Å². The molecule has 1 amide bonds. The Hall–Kier alpha value is -0.753. The molecule has 1 N–H and O–H groups in total. The van der Waals surface area contributed by atoms with Gasteiger partial charge >= 0.3 is 0 Å². The van der Waals surface area contributed by atoms with E-state index >= 15 is 0 Å². The van der Waals surface area contributed by atoms with Crippen LogP contribution in [0.15, 0.2) is 24.3 Å². The lowest BCUT2D eigenvalue weighted by atomic mass is 9.62. The Bertz CT molecular complexity index is 701. The number of halogens is 1. The smallest absolute Gasteiger partial charge is 0.228 e. The number of hydrogen-bond acceptors (Lipinski definition) is 3. The highest BCUT2D eigenvalue weighted by atomic mass is 35.5. The molecule has 1 saturated heterocycles. The summed E-state index contributed by atoms with van der Waals surface area (Å²) in [6.45, 7) is 15.0. The summed E-state index contributed by atoms with van der Waals surface area (Å²) in [5, 5.41) is 3.83. The van der Waals surface area contributed by atoms with Gasteiger partial charge in [-0.3, -0.25) is 4.79 Å². The van der Waals surface area contributed by atoms with Crippen molar-refractivity contribution in [2.24, 2.45) is 17.3 Å². The highest BCUT2D eigenvalue weighted by Gasteiger charge is 2.58. The van der Waals surface area contributed by atoms with Crippen LogP contribution in [0, 0.1) is 17.3 Å². The quantitative estimate of drug-likeness (QED) is 0.387. The topological polar surface area (TPSA) is 38.3 Å². The van der Waals surface area contributed by atoms with Crippen LogP contribution in [0.4, 0.5) is 0 Å². The van der Waals surface area contributed by atoms with Gasteiger partial charge in [0.15, 0.2) is 9.04 Å². The number of hydrogen-bond donors (Lipinski definition) is 1. The molecule has 0 aromatic heterocycles. The van der Waals surface area contributed by atoms with E-state index in [2.05, 4.69) is 53.0 Å². The molecular formula is C21H32ClNO2SSi. The first-order valence-electron chi connectivity index (χ1n) is 9.62. The third kappa shape index (κ3) is 4.81. The second-order valence-corrected chi connectivity index (χ2v) is 12.4. The van der Waals surface area contributed by atoms with Crippen molar-refractivity contribution in [3.8, 4) is 0 Å². The van der Waals surface area contributed by atoms with Crippen LogP contribution in [0.5, 0.6) is 0 Å². The maximum Gasteiger partial charge on any atom is 0.228 e. The van der Waals surface area contributed by atoms with Crippen molar-refractivity contribution in [3.05, 3.63) is 34.9 Å². The second kappa shape index (κ2) is 8.32.